The molecule has 0 aliphatic carbocycles. The van der Waals surface area contributed by atoms with Crippen molar-refractivity contribution in [3.05, 3.63) is 16.1 Å². The van der Waals surface area contributed by atoms with Gasteiger partial charge in [0, 0.05) is 30.4 Å². The Kier molecular flexibility index (Phi) is 4.19. The third kappa shape index (κ3) is 2.94. The van der Waals surface area contributed by atoms with E-state index in [1.165, 1.54) is 0 Å². The summed E-state index contributed by atoms with van der Waals surface area (Å²) in [6.45, 7) is 6.80. The van der Waals surface area contributed by atoms with Gasteiger partial charge in [-0.05, 0) is 13.8 Å². The quantitative estimate of drug-likeness (QED) is 0.780. The summed E-state index contributed by atoms with van der Waals surface area (Å²) >= 11 is 7.54. The van der Waals surface area contributed by atoms with E-state index < -0.39 is 0 Å². The van der Waals surface area contributed by atoms with E-state index in [9.17, 15) is 0 Å². The van der Waals surface area contributed by atoms with Crippen LogP contribution < -0.4 is 0 Å². The second-order valence-electron chi connectivity index (χ2n) is 4.25. The molecule has 3 nitrogen and oxygen atoms in total. The molecule has 0 N–H and O–H groups in total. The Labute approximate surface area is 105 Å². The molecule has 1 saturated heterocycles. The van der Waals surface area contributed by atoms with Crippen LogP contribution in [-0.4, -0.2) is 41.1 Å². The van der Waals surface area contributed by atoms with Gasteiger partial charge in [0.25, 0.3) is 0 Å². The molecule has 0 aromatic carbocycles. The Bertz CT molecular complexity index is 344. The van der Waals surface area contributed by atoms with E-state index in [1.807, 2.05) is 6.92 Å². The first-order chi connectivity index (χ1) is 7.69. The fourth-order valence-corrected chi connectivity index (χ4v) is 2.67. The number of rotatable bonds is 3. The first-order valence-corrected chi connectivity index (χ1v) is 6.93. The van der Waals surface area contributed by atoms with E-state index in [-0.39, 0.29) is 6.10 Å². The highest BCUT2D eigenvalue weighted by Crippen LogP contribution is 2.17. The Hall–Kier alpha value is -0.160. The van der Waals surface area contributed by atoms with Gasteiger partial charge in [0.05, 0.1) is 23.4 Å². The molecule has 0 radical (unpaired) electrons. The monoisotopic (exact) mass is 260 g/mol. The fourth-order valence-electron chi connectivity index (χ4n) is 1.88. The molecule has 2 heterocycles. The van der Waals surface area contributed by atoms with Gasteiger partial charge in [-0.1, -0.05) is 0 Å². The lowest BCUT2D eigenvalue weighted by Crippen LogP contribution is -2.48. The molecule has 5 heteroatoms. The number of hydrogen-bond acceptors (Lipinski definition) is 4. The highest BCUT2D eigenvalue weighted by atomic mass is 35.5. The molecule has 1 aromatic heterocycles. The predicted octanol–water partition coefficient (Wildman–Crippen LogP) is 2.28. The van der Waals surface area contributed by atoms with Crippen molar-refractivity contribution < 1.29 is 4.74 Å². The van der Waals surface area contributed by atoms with Crippen LogP contribution in [0.4, 0.5) is 0 Å². The lowest BCUT2D eigenvalue weighted by molar-refractivity contribution is -0.0514. The van der Waals surface area contributed by atoms with Gasteiger partial charge < -0.3 is 4.74 Å². The van der Waals surface area contributed by atoms with E-state index >= 15 is 0 Å². The summed E-state index contributed by atoms with van der Waals surface area (Å²) < 4.78 is 5.62. The van der Waals surface area contributed by atoms with Crippen LogP contribution in [0.25, 0.3) is 0 Å². The molecule has 1 aliphatic heterocycles. The van der Waals surface area contributed by atoms with Crippen molar-refractivity contribution in [2.24, 2.45) is 0 Å². The second-order valence-corrected chi connectivity index (χ2v) is 5.62. The predicted molar refractivity (Wildman–Crippen MR) is 67.2 cm³/mol. The van der Waals surface area contributed by atoms with Crippen LogP contribution in [0.1, 0.15) is 17.6 Å². The zero-order valence-electron chi connectivity index (χ0n) is 9.65. The first-order valence-electron chi connectivity index (χ1n) is 5.51. The number of alkyl halides is 1. The third-order valence-electron chi connectivity index (χ3n) is 2.84. The van der Waals surface area contributed by atoms with E-state index in [4.69, 9.17) is 16.3 Å². The standard InChI is InChI=1S/C11H17ClN2OS/c1-8-6-15-11(3-12)5-14(8)4-10-7-16-9(2)13-10/h7-8,11H,3-6H2,1-2H3. The normalized spacial score (nSPS) is 27.2. The number of aromatic nitrogens is 1. The number of nitrogens with zero attached hydrogens (tertiary/aromatic N) is 2. The summed E-state index contributed by atoms with van der Waals surface area (Å²) in [7, 11) is 0. The van der Waals surface area contributed by atoms with Crippen LogP contribution in [0.3, 0.4) is 0 Å². The average molecular weight is 261 g/mol. The van der Waals surface area contributed by atoms with Gasteiger partial charge in [0.1, 0.15) is 0 Å². The number of halogens is 1. The SMILES string of the molecule is Cc1nc(CN2CC(CCl)OCC2C)cs1. The van der Waals surface area contributed by atoms with Gasteiger partial charge in [0.2, 0.25) is 0 Å². The molecule has 0 saturated carbocycles. The largest absolute Gasteiger partial charge is 0.374 e. The number of ether oxygens (including phenoxy) is 1. The van der Waals surface area contributed by atoms with Gasteiger partial charge in [-0.15, -0.1) is 22.9 Å². The Morgan fingerprint density at radius 1 is 1.69 bits per heavy atom. The number of aryl methyl sites for hydroxylation is 1. The molecule has 1 aromatic rings. The lowest BCUT2D eigenvalue weighted by atomic mass is 10.2. The van der Waals surface area contributed by atoms with Crippen LogP contribution in [0.15, 0.2) is 5.38 Å². The summed E-state index contributed by atoms with van der Waals surface area (Å²) in [6.07, 6.45) is 0.164. The highest BCUT2D eigenvalue weighted by Gasteiger charge is 2.25. The van der Waals surface area contributed by atoms with E-state index in [0.29, 0.717) is 11.9 Å². The summed E-state index contributed by atoms with van der Waals surface area (Å²) in [5.74, 6) is 0.569. The van der Waals surface area contributed by atoms with Crippen molar-refractivity contribution in [2.45, 2.75) is 32.5 Å². The zero-order valence-corrected chi connectivity index (χ0v) is 11.2. The van der Waals surface area contributed by atoms with E-state index in [2.05, 4.69) is 22.2 Å². The Morgan fingerprint density at radius 2 is 2.50 bits per heavy atom. The van der Waals surface area contributed by atoms with Gasteiger partial charge in [0.15, 0.2) is 0 Å². The van der Waals surface area contributed by atoms with E-state index in [0.717, 1.165) is 30.4 Å². The molecule has 0 spiro atoms. The van der Waals surface area contributed by atoms with Crippen molar-refractivity contribution in [3.8, 4) is 0 Å². The molecule has 1 aliphatic rings. The van der Waals surface area contributed by atoms with Crippen LogP contribution in [0.5, 0.6) is 0 Å². The van der Waals surface area contributed by atoms with Gasteiger partial charge in [-0.2, -0.15) is 0 Å². The van der Waals surface area contributed by atoms with Crippen LogP contribution in [0.2, 0.25) is 0 Å². The van der Waals surface area contributed by atoms with Gasteiger partial charge in [-0.3, -0.25) is 4.90 Å². The molecular weight excluding hydrogens is 244 g/mol. The third-order valence-corrected chi connectivity index (χ3v) is 4.00. The van der Waals surface area contributed by atoms with Crippen molar-refractivity contribution in [3.63, 3.8) is 0 Å². The van der Waals surface area contributed by atoms with Crippen LogP contribution >= 0.6 is 22.9 Å². The molecule has 1 fully saturated rings. The molecular formula is C11H17ClN2OS. The molecule has 2 unspecified atom stereocenters. The van der Waals surface area contributed by atoms with Crippen LogP contribution in [0, 0.1) is 6.92 Å². The molecule has 90 valence electrons. The lowest BCUT2D eigenvalue weighted by Gasteiger charge is -2.36. The van der Waals surface area contributed by atoms with Gasteiger partial charge >= 0.3 is 0 Å². The Morgan fingerprint density at radius 3 is 3.12 bits per heavy atom. The van der Waals surface area contributed by atoms with Crippen molar-refractivity contribution in [1.29, 1.82) is 0 Å². The topological polar surface area (TPSA) is 25.4 Å². The summed E-state index contributed by atoms with van der Waals surface area (Å²) in [5.41, 5.74) is 1.16. The molecule has 0 amide bonds. The molecule has 16 heavy (non-hydrogen) atoms. The number of morpholine rings is 1. The smallest absolute Gasteiger partial charge is 0.0897 e. The molecule has 0 bridgehead atoms. The van der Waals surface area contributed by atoms with Crippen molar-refractivity contribution in [1.82, 2.24) is 9.88 Å². The first kappa shape index (κ1) is 12.3. The van der Waals surface area contributed by atoms with Crippen LogP contribution in [-0.2, 0) is 11.3 Å². The number of hydrogen-bond donors (Lipinski definition) is 0. The zero-order chi connectivity index (χ0) is 11.5. The minimum absolute atomic E-state index is 0.164. The molecule has 2 atom stereocenters. The second kappa shape index (κ2) is 5.45. The number of thiazole rings is 1. The highest BCUT2D eigenvalue weighted by molar-refractivity contribution is 7.09. The van der Waals surface area contributed by atoms with Gasteiger partial charge in [-0.25, -0.2) is 4.98 Å². The minimum atomic E-state index is 0.164. The van der Waals surface area contributed by atoms with Crippen molar-refractivity contribution >= 4 is 22.9 Å². The summed E-state index contributed by atoms with van der Waals surface area (Å²) in [5, 5.41) is 3.26. The van der Waals surface area contributed by atoms with E-state index in [1.54, 1.807) is 11.3 Å². The average Bonchev–Trinajstić information content (AvgIpc) is 2.67. The summed E-state index contributed by atoms with van der Waals surface area (Å²) in [4.78, 5) is 6.89. The maximum atomic E-state index is 5.84. The maximum Gasteiger partial charge on any atom is 0.0897 e. The minimum Gasteiger partial charge on any atom is -0.374 e. The van der Waals surface area contributed by atoms with Crippen molar-refractivity contribution in [2.75, 3.05) is 19.0 Å². The fraction of sp³-hybridized carbons (Fsp3) is 0.727. The Balaban J connectivity index is 1.96. The summed E-state index contributed by atoms with van der Waals surface area (Å²) in [6, 6.07) is 0.446. The maximum absolute atomic E-state index is 5.84. The molecule has 2 rings (SSSR count).